The van der Waals surface area contributed by atoms with Crippen molar-refractivity contribution in [3.05, 3.63) is 35.4 Å². The minimum Gasteiger partial charge on any atom is -0.373 e. The molecule has 112 valence electrons. The third-order valence-corrected chi connectivity index (χ3v) is 4.49. The van der Waals surface area contributed by atoms with Crippen molar-refractivity contribution in [2.24, 2.45) is 5.84 Å². The maximum atomic E-state index is 6.25. The number of hydrazine groups is 1. The van der Waals surface area contributed by atoms with Crippen LogP contribution in [0.5, 0.6) is 0 Å². The summed E-state index contributed by atoms with van der Waals surface area (Å²) in [5, 5.41) is 0. The number of hydrogen-bond donors (Lipinski definition) is 2. The molecule has 0 saturated heterocycles. The van der Waals surface area contributed by atoms with Crippen LogP contribution in [0.4, 0.5) is 0 Å². The Hall–Kier alpha value is -0.900. The van der Waals surface area contributed by atoms with Crippen LogP contribution in [0.2, 0.25) is 0 Å². The maximum absolute atomic E-state index is 6.25. The summed E-state index contributed by atoms with van der Waals surface area (Å²) in [6.45, 7) is 4.93. The van der Waals surface area contributed by atoms with Gasteiger partial charge >= 0.3 is 0 Å². The largest absolute Gasteiger partial charge is 0.373 e. The molecule has 0 heterocycles. The molecule has 1 aromatic rings. The second kappa shape index (κ2) is 7.21. The summed E-state index contributed by atoms with van der Waals surface area (Å²) in [6, 6.07) is 8.71. The zero-order valence-electron chi connectivity index (χ0n) is 12.8. The predicted octanol–water partition coefficient (Wildman–Crippen LogP) is 3.63. The molecule has 1 unspecified atom stereocenters. The highest BCUT2D eigenvalue weighted by Gasteiger charge is 2.40. The van der Waals surface area contributed by atoms with Crippen LogP contribution >= 0.6 is 0 Å². The van der Waals surface area contributed by atoms with Crippen molar-refractivity contribution in [3.63, 3.8) is 0 Å². The highest BCUT2D eigenvalue weighted by molar-refractivity contribution is 5.26. The zero-order valence-corrected chi connectivity index (χ0v) is 12.8. The molecule has 1 saturated carbocycles. The van der Waals surface area contributed by atoms with Crippen LogP contribution in [0.25, 0.3) is 0 Å². The molecule has 3 N–H and O–H groups in total. The smallest absolute Gasteiger partial charge is 0.0889 e. The van der Waals surface area contributed by atoms with Crippen LogP contribution < -0.4 is 11.3 Å². The van der Waals surface area contributed by atoms with E-state index in [1.165, 1.54) is 36.8 Å². The lowest BCUT2D eigenvalue weighted by atomic mass is 9.82. The normalized spacial score (nSPS) is 20.4. The summed E-state index contributed by atoms with van der Waals surface area (Å²) in [5.41, 5.74) is 5.38. The third kappa shape index (κ3) is 3.40. The van der Waals surface area contributed by atoms with Gasteiger partial charge in [0.05, 0.1) is 11.6 Å². The van der Waals surface area contributed by atoms with Gasteiger partial charge in [0.15, 0.2) is 0 Å². The Kier molecular flexibility index (Phi) is 5.58. The van der Waals surface area contributed by atoms with Gasteiger partial charge in [0.1, 0.15) is 0 Å². The van der Waals surface area contributed by atoms with Crippen LogP contribution in [0.3, 0.4) is 0 Å². The Labute approximate surface area is 122 Å². The van der Waals surface area contributed by atoms with E-state index in [0.717, 1.165) is 19.4 Å². The second-order valence-corrected chi connectivity index (χ2v) is 5.92. The van der Waals surface area contributed by atoms with Gasteiger partial charge in [0.25, 0.3) is 0 Å². The fourth-order valence-electron chi connectivity index (χ4n) is 3.44. The molecule has 3 nitrogen and oxygen atoms in total. The number of nitrogens with two attached hydrogens (primary N) is 1. The van der Waals surface area contributed by atoms with Crippen LogP contribution in [0.1, 0.15) is 62.6 Å². The van der Waals surface area contributed by atoms with Gasteiger partial charge in [0, 0.05) is 6.61 Å². The molecule has 1 aliphatic carbocycles. The average Bonchev–Trinajstić information content (AvgIpc) is 2.69. The number of ether oxygens (including phenoxy) is 1. The van der Waals surface area contributed by atoms with Crippen molar-refractivity contribution < 1.29 is 4.74 Å². The first-order chi connectivity index (χ1) is 9.72. The summed E-state index contributed by atoms with van der Waals surface area (Å²) < 4.78 is 6.25. The van der Waals surface area contributed by atoms with Gasteiger partial charge in [-0.1, -0.05) is 55.5 Å². The van der Waals surface area contributed by atoms with Gasteiger partial charge in [-0.25, -0.2) is 0 Å². The van der Waals surface area contributed by atoms with Gasteiger partial charge in [-0.2, -0.15) is 0 Å². The molecule has 0 spiro atoms. The van der Waals surface area contributed by atoms with Crippen molar-refractivity contribution in [3.8, 4) is 0 Å². The molecular formula is C17H28N2O. The molecule has 1 aromatic carbocycles. The van der Waals surface area contributed by atoms with Crippen molar-refractivity contribution in [1.29, 1.82) is 0 Å². The Balaban J connectivity index is 2.30. The molecule has 0 amide bonds. The van der Waals surface area contributed by atoms with E-state index in [-0.39, 0.29) is 11.6 Å². The van der Waals surface area contributed by atoms with E-state index >= 15 is 0 Å². The lowest BCUT2D eigenvalue weighted by Crippen LogP contribution is -2.48. The van der Waals surface area contributed by atoms with E-state index < -0.39 is 0 Å². The molecular weight excluding hydrogens is 248 g/mol. The second-order valence-electron chi connectivity index (χ2n) is 5.92. The van der Waals surface area contributed by atoms with Crippen molar-refractivity contribution in [2.75, 3.05) is 6.61 Å². The number of benzene rings is 1. The highest BCUT2D eigenvalue weighted by atomic mass is 16.5. The molecule has 0 radical (unpaired) electrons. The first kappa shape index (κ1) is 15.5. The zero-order chi connectivity index (χ0) is 14.4. The summed E-state index contributed by atoms with van der Waals surface area (Å²) in [4.78, 5) is 0. The molecule has 1 aliphatic rings. The number of nitrogens with one attached hydrogen (secondary N) is 1. The van der Waals surface area contributed by atoms with E-state index in [4.69, 9.17) is 10.6 Å². The Morgan fingerprint density at radius 2 is 1.75 bits per heavy atom. The van der Waals surface area contributed by atoms with Gasteiger partial charge in [-0.3, -0.25) is 11.3 Å². The molecule has 0 aromatic heterocycles. The standard InChI is InChI=1S/C17H28N2O/c1-3-20-17(12-6-4-5-7-13-17)16(19-18)15-10-8-14(2)9-11-15/h8-11,16,19H,3-7,12-13,18H2,1-2H3. The lowest BCUT2D eigenvalue weighted by molar-refractivity contribution is -0.0782. The molecule has 0 aliphatic heterocycles. The van der Waals surface area contributed by atoms with E-state index in [2.05, 4.69) is 43.5 Å². The summed E-state index contributed by atoms with van der Waals surface area (Å²) in [6.07, 6.45) is 7.24. The predicted molar refractivity (Wildman–Crippen MR) is 83.3 cm³/mol. The van der Waals surface area contributed by atoms with Crippen molar-refractivity contribution >= 4 is 0 Å². The SMILES string of the molecule is CCOC1(C(NN)c2ccc(C)cc2)CCCCCC1. The van der Waals surface area contributed by atoms with Crippen LogP contribution in [0, 0.1) is 6.92 Å². The fraction of sp³-hybridized carbons (Fsp3) is 0.647. The quantitative estimate of drug-likeness (QED) is 0.490. The third-order valence-electron chi connectivity index (χ3n) is 4.49. The topological polar surface area (TPSA) is 47.3 Å². The molecule has 1 atom stereocenters. The highest BCUT2D eigenvalue weighted by Crippen LogP contribution is 2.40. The number of rotatable bonds is 5. The number of aryl methyl sites for hydroxylation is 1. The fourth-order valence-corrected chi connectivity index (χ4v) is 3.44. The minimum atomic E-state index is -0.157. The molecule has 20 heavy (non-hydrogen) atoms. The van der Waals surface area contributed by atoms with Gasteiger partial charge < -0.3 is 4.74 Å². The molecule has 0 bridgehead atoms. The van der Waals surface area contributed by atoms with Crippen molar-refractivity contribution in [1.82, 2.24) is 5.43 Å². The molecule has 1 fully saturated rings. The van der Waals surface area contributed by atoms with Crippen LogP contribution in [0.15, 0.2) is 24.3 Å². The van der Waals surface area contributed by atoms with Crippen LogP contribution in [-0.4, -0.2) is 12.2 Å². The monoisotopic (exact) mass is 276 g/mol. The summed E-state index contributed by atoms with van der Waals surface area (Å²) in [5.74, 6) is 5.91. The van der Waals surface area contributed by atoms with E-state index in [1.807, 2.05) is 0 Å². The number of hydrogen-bond acceptors (Lipinski definition) is 3. The van der Waals surface area contributed by atoms with E-state index in [9.17, 15) is 0 Å². The van der Waals surface area contributed by atoms with Gasteiger partial charge in [-0.05, 0) is 32.3 Å². The van der Waals surface area contributed by atoms with Crippen LogP contribution in [-0.2, 0) is 4.74 Å². The Morgan fingerprint density at radius 1 is 1.15 bits per heavy atom. The first-order valence-electron chi connectivity index (χ1n) is 7.88. The van der Waals surface area contributed by atoms with Crippen molar-refractivity contribution in [2.45, 2.75) is 64.0 Å². The maximum Gasteiger partial charge on any atom is 0.0889 e. The van der Waals surface area contributed by atoms with E-state index in [1.54, 1.807) is 0 Å². The van der Waals surface area contributed by atoms with Gasteiger partial charge in [-0.15, -0.1) is 0 Å². The Morgan fingerprint density at radius 3 is 2.25 bits per heavy atom. The molecule has 3 heteroatoms. The van der Waals surface area contributed by atoms with Gasteiger partial charge in [0.2, 0.25) is 0 Å². The van der Waals surface area contributed by atoms with E-state index in [0.29, 0.717) is 0 Å². The minimum absolute atomic E-state index is 0.0705. The molecule has 2 rings (SSSR count). The average molecular weight is 276 g/mol. The summed E-state index contributed by atoms with van der Waals surface area (Å²) in [7, 11) is 0. The summed E-state index contributed by atoms with van der Waals surface area (Å²) >= 11 is 0. The first-order valence-corrected chi connectivity index (χ1v) is 7.88. The lowest BCUT2D eigenvalue weighted by Gasteiger charge is -2.40. The Bertz CT molecular complexity index is 394.